The predicted molar refractivity (Wildman–Crippen MR) is 117 cm³/mol. The van der Waals surface area contributed by atoms with Crippen molar-refractivity contribution in [1.29, 1.82) is 0 Å². The van der Waals surface area contributed by atoms with E-state index in [1.54, 1.807) is 0 Å². The van der Waals surface area contributed by atoms with Gasteiger partial charge in [-0.15, -0.1) is 10.2 Å². The molecule has 30 heavy (non-hydrogen) atoms. The third-order valence-corrected chi connectivity index (χ3v) is 7.22. The summed E-state index contributed by atoms with van der Waals surface area (Å²) >= 11 is 1.50. The molecular weight excluding hydrogens is 402 g/mol. The SMILES string of the molecule is CC1CCN(c2nnc(SCC(=O)N3CC(C)OC(C)C3)n2CC2CCCO2)CC1. The van der Waals surface area contributed by atoms with E-state index in [1.165, 1.54) is 24.6 Å². The molecule has 0 radical (unpaired) electrons. The summed E-state index contributed by atoms with van der Waals surface area (Å²) in [5.74, 6) is 2.21. The van der Waals surface area contributed by atoms with E-state index < -0.39 is 0 Å². The molecule has 1 amide bonds. The molecular formula is C21H35N5O3S. The Bertz CT molecular complexity index is 705. The molecule has 0 bridgehead atoms. The van der Waals surface area contributed by atoms with Crippen LogP contribution < -0.4 is 4.90 Å². The highest BCUT2D eigenvalue weighted by Gasteiger charge is 2.28. The van der Waals surface area contributed by atoms with Gasteiger partial charge in [-0.3, -0.25) is 9.36 Å². The zero-order valence-electron chi connectivity index (χ0n) is 18.5. The van der Waals surface area contributed by atoms with Gasteiger partial charge in [0.05, 0.1) is 30.6 Å². The maximum absolute atomic E-state index is 12.8. The van der Waals surface area contributed by atoms with Crippen molar-refractivity contribution >= 4 is 23.6 Å². The van der Waals surface area contributed by atoms with Crippen LogP contribution in [0.4, 0.5) is 5.95 Å². The maximum atomic E-state index is 12.8. The van der Waals surface area contributed by atoms with Gasteiger partial charge in [-0.1, -0.05) is 18.7 Å². The second-order valence-corrected chi connectivity index (χ2v) is 9.98. The van der Waals surface area contributed by atoms with Gasteiger partial charge in [0.1, 0.15) is 0 Å². The van der Waals surface area contributed by atoms with Crippen molar-refractivity contribution in [3.63, 3.8) is 0 Å². The number of carbonyl (C=O) groups excluding carboxylic acids is 1. The highest BCUT2D eigenvalue weighted by Crippen LogP contribution is 2.28. The fraction of sp³-hybridized carbons (Fsp3) is 0.857. The monoisotopic (exact) mass is 437 g/mol. The molecule has 168 valence electrons. The minimum Gasteiger partial charge on any atom is -0.376 e. The third-order valence-electron chi connectivity index (χ3n) is 6.27. The molecule has 3 aliphatic rings. The lowest BCUT2D eigenvalue weighted by molar-refractivity contribution is -0.140. The van der Waals surface area contributed by atoms with Crippen LogP contribution in [0.25, 0.3) is 0 Å². The molecule has 3 unspecified atom stereocenters. The topological polar surface area (TPSA) is 72.7 Å². The van der Waals surface area contributed by atoms with E-state index >= 15 is 0 Å². The Morgan fingerprint density at radius 2 is 1.83 bits per heavy atom. The van der Waals surface area contributed by atoms with Crippen LogP contribution in [0.5, 0.6) is 0 Å². The molecule has 1 aromatic heterocycles. The minimum absolute atomic E-state index is 0.0824. The lowest BCUT2D eigenvalue weighted by atomic mass is 10.00. The van der Waals surface area contributed by atoms with Gasteiger partial charge in [-0.2, -0.15) is 0 Å². The van der Waals surface area contributed by atoms with Crippen molar-refractivity contribution in [3.8, 4) is 0 Å². The Labute approximate surface area is 183 Å². The normalized spacial score (nSPS) is 28.3. The van der Waals surface area contributed by atoms with Crippen LogP contribution in [-0.2, 0) is 20.8 Å². The number of hydrogen-bond acceptors (Lipinski definition) is 7. The summed E-state index contributed by atoms with van der Waals surface area (Å²) < 4.78 is 13.8. The largest absolute Gasteiger partial charge is 0.376 e. The lowest BCUT2D eigenvalue weighted by Gasteiger charge is -2.35. The Morgan fingerprint density at radius 1 is 1.10 bits per heavy atom. The average Bonchev–Trinajstić information content (AvgIpc) is 3.37. The lowest BCUT2D eigenvalue weighted by Crippen LogP contribution is -2.48. The Morgan fingerprint density at radius 3 is 2.50 bits per heavy atom. The molecule has 4 rings (SSSR count). The number of anilines is 1. The average molecular weight is 438 g/mol. The molecule has 0 spiro atoms. The number of nitrogens with zero attached hydrogens (tertiary/aromatic N) is 5. The molecule has 0 aromatic carbocycles. The molecule has 4 heterocycles. The van der Waals surface area contributed by atoms with Crippen LogP contribution in [0.2, 0.25) is 0 Å². The summed E-state index contributed by atoms with van der Waals surface area (Å²) in [5, 5.41) is 9.84. The van der Waals surface area contributed by atoms with Gasteiger partial charge < -0.3 is 19.3 Å². The number of aromatic nitrogens is 3. The first-order valence-corrected chi connectivity index (χ1v) is 12.3. The molecule has 8 nitrogen and oxygen atoms in total. The molecule has 9 heteroatoms. The van der Waals surface area contributed by atoms with Crippen molar-refractivity contribution in [2.45, 2.75) is 76.5 Å². The van der Waals surface area contributed by atoms with Crippen molar-refractivity contribution in [1.82, 2.24) is 19.7 Å². The van der Waals surface area contributed by atoms with Crippen LogP contribution in [0.1, 0.15) is 46.5 Å². The van der Waals surface area contributed by atoms with E-state index in [-0.39, 0.29) is 24.2 Å². The summed E-state index contributed by atoms with van der Waals surface area (Å²) in [5.41, 5.74) is 0. The van der Waals surface area contributed by atoms with Crippen molar-refractivity contribution in [3.05, 3.63) is 0 Å². The van der Waals surface area contributed by atoms with Crippen LogP contribution in [0.3, 0.4) is 0 Å². The molecule has 0 N–H and O–H groups in total. The van der Waals surface area contributed by atoms with E-state index in [9.17, 15) is 4.79 Å². The summed E-state index contributed by atoms with van der Waals surface area (Å²) in [6.45, 7) is 11.3. The zero-order chi connectivity index (χ0) is 21.1. The zero-order valence-corrected chi connectivity index (χ0v) is 19.3. The van der Waals surface area contributed by atoms with Gasteiger partial charge in [0.2, 0.25) is 11.9 Å². The van der Waals surface area contributed by atoms with E-state index in [4.69, 9.17) is 9.47 Å². The number of hydrogen-bond donors (Lipinski definition) is 0. The fourth-order valence-electron chi connectivity index (χ4n) is 4.58. The first-order valence-electron chi connectivity index (χ1n) is 11.4. The van der Waals surface area contributed by atoms with Crippen LogP contribution >= 0.6 is 11.8 Å². The van der Waals surface area contributed by atoms with Crippen LogP contribution in [0, 0.1) is 5.92 Å². The minimum atomic E-state index is 0.0824. The van der Waals surface area contributed by atoms with Gasteiger partial charge in [0.15, 0.2) is 5.16 Å². The highest BCUT2D eigenvalue weighted by molar-refractivity contribution is 7.99. The summed E-state index contributed by atoms with van der Waals surface area (Å²) in [6.07, 6.45) is 4.92. The Balaban J connectivity index is 1.44. The van der Waals surface area contributed by atoms with Gasteiger partial charge in [0.25, 0.3) is 0 Å². The summed E-state index contributed by atoms with van der Waals surface area (Å²) in [6, 6.07) is 0. The number of carbonyl (C=O) groups is 1. The number of rotatable bonds is 6. The number of amides is 1. The van der Waals surface area contributed by atoms with Crippen molar-refractivity contribution in [2.75, 3.05) is 43.4 Å². The van der Waals surface area contributed by atoms with Gasteiger partial charge in [-0.05, 0) is 45.4 Å². The molecule has 3 saturated heterocycles. The fourth-order valence-corrected chi connectivity index (χ4v) is 5.43. The van der Waals surface area contributed by atoms with Crippen LogP contribution in [-0.4, -0.2) is 82.4 Å². The maximum Gasteiger partial charge on any atom is 0.233 e. The van der Waals surface area contributed by atoms with Gasteiger partial charge in [-0.25, -0.2) is 0 Å². The number of thioether (sulfide) groups is 1. The Kier molecular flexibility index (Phi) is 7.20. The molecule has 1 aromatic rings. The molecule has 3 aliphatic heterocycles. The van der Waals surface area contributed by atoms with Crippen LogP contribution in [0.15, 0.2) is 5.16 Å². The quantitative estimate of drug-likeness (QED) is 0.633. The molecule has 0 aliphatic carbocycles. The summed E-state index contributed by atoms with van der Waals surface area (Å²) in [4.78, 5) is 17.1. The number of ether oxygens (including phenoxy) is 2. The van der Waals surface area contributed by atoms with Gasteiger partial charge >= 0.3 is 0 Å². The standard InChI is InChI=1S/C21H35N5O3S/c1-15-6-8-24(9-7-15)20-22-23-21(26(20)13-18-5-4-10-28-18)30-14-19(27)25-11-16(2)29-17(3)12-25/h15-18H,4-14H2,1-3H3. The van der Waals surface area contributed by atoms with E-state index in [0.717, 1.165) is 56.1 Å². The molecule has 3 atom stereocenters. The predicted octanol–water partition coefficient (Wildman–Crippen LogP) is 2.42. The third kappa shape index (κ3) is 5.29. The van der Waals surface area contributed by atoms with E-state index in [0.29, 0.717) is 18.8 Å². The number of morpholine rings is 1. The smallest absolute Gasteiger partial charge is 0.233 e. The second kappa shape index (κ2) is 9.87. The summed E-state index contributed by atoms with van der Waals surface area (Å²) in [7, 11) is 0. The first kappa shape index (κ1) is 21.9. The molecule has 3 fully saturated rings. The van der Waals surface area contributed by atoms with E-state index in [1.807, 2.05) is 18.7 Å². The van der Waals surface area contributed by atoms with Crippen molar-refractivity contribution in [2.24, 2.45) is 5.92 Å². The number of piperidine rings is 1. The first-order chi connectivity index (χ1) is 14.5. The molecule has 0 saturated carbocycles. The highest BCUT2D eigenvalue weighted by atomic mass is 32.2. The van der Waals surface area contributed by atoms with Crippen molar-refractivity contribution < 1.29 is 14.3 Å². The van der Waals surface area contributed by atoms with Gasteiger partial charge in [0, 0.05) is 32.8 Å². The second-order valence-electron chi connectivity index (χ2n) is 9.04. The van der Waals surface area contributed by atoms with E-state index in [2.05, 4.69) is 26.6 Å². The Hall–Kier alpha value is -1.32.